The molecule has 2 N–H and O–H groups in total. The molecule has 0 aliphatic rings. The van der Waals surface area contributed by atoms with Gasteiger partial charge in [0.1, 0.15) is 0 Å². The van der Waals surface area contributed by atoms with Crippen LogP contribution in [-0.2, 0) is 0 Å². The zero-order valence-electron chi connectivity index (χ0n) is 7.14. The summed E-state index contributed by atoms with van der Waals surface area (Å²) in [6.45, 7) is 8.46. The Morgan fingerprint density at radius 1 is 1.50 bits per heavy atom. The number of primary amides is 1. The van der Waals surface area contributed by atoms with Gasteiger partial charge in [-0.1, -0.05) is 0 Å². The molecule has 0 spiro atoms. The first-order valence-corrected chi connectivity index (χ1v) is 3.46. The van der Waals surface area contributed by atoms with Crippen LogP contribution in [-0.4, -0.2) is 23.0 Å². The summed E-state index contributed by atoms with van der Waals surface area (Å²) in [5.41, 5.74) is 4.97. The van der Waals surface area contributed by atoms with E-state index in [2.05, 4.69) is 0 Å². The number of carbonyl (C=O) groups excluding carboxylic acids is 1. The summed E-state index contributed by atoms with van der Waals surface area (Å²) >= 11 is 0. The Kier molecular flexibility index (Phi) is 2.69. The van der Waals surface area contributed by atoms with Crippen molar-refractivity contribution in [2.24, 2.45) is 5.73 Å². The van der Waals surface area contributed by atoms with Gasteiger partial charge in [-0.2, -0.15) is 0 Å². The van der Waals surface area contributed by atoms with Crippen LogP contribution in [0.25, 0.3) is 0 Å². The van der Waals surface area contributed by atoms with Gasteiger partial charge in [0, 0.05) is 12.1 Å². The number of rotatable bonds is 1. The third-order valence-corrected chi connectivity index (χ3v) is 1.39. The average molecular weight is 144 g/mol. The highest BCUT2D eigenvalue weighted by atomic mass is 16.2. The first-order chi connectivity index (χ1) is 4.39. The Balaban J connectivity index is 4.22. The minimum atomic E-state index is -0.352. The van der Waals surface area contributed by atoms with E-state index >= 15 is 0 Å². The molecule has 10 heavy (non-hydrogen) atoms. The highest BCUT2D eigenvalue weighted by Crippen LogP contribution is 2.11. The summed E-state index contributed by atoms with van der Waals surface area (Å²) < 4.78 is 0. The predicted octanol–water partition coefficient (Wildman–Crippen LogP) is 1.19. The van der Waals surface area contributed by atoms with E-state index in [-0.39, 0.29) is 11.6 Å². The molecular formula is C7H16N2O. The topological polar surface area (TPSA) is 46.3 Å². The van der Waals surface area contributed by atoms with Crippen LogP contribution in [0.5, 0.6) is 0 Å². The highest BCUT2D eigenvalue weighted by Gasteiger charge is 2.21. The lowest BCUT2D eigenvalue weighted by Gasteiger charge is -2.32. The molecule has 0 unspecified atom stereocenters. The van der Waals surface area contributed by atoms with Gasteiger partial charge in [0.25, 0.3) is 0 Å². The molecule has 0 heterocycles. The number of hydrogen-bond acceptors (Lipinski definition) is 1. The number of nitrogens with two attached hydrogens (primary N) is 1. The van der Waals surface area contributed by atoms with Crippen molar-refractivity contribution in [2.45, 2.75) is 33.2 Å². The van der Waals surface area contributed by atoms with Crippen LogP contribution in [0.1, 0.15) is 27.7 Å². The van der Waals surface area contributed by atoms with Gasteiger partial charge in [0.2, 0.25) is 0 Å². The fraction of sp³-hybridized carbons (Fsp3) is 0.857. The highest BCUT2D eigenvalue weighted by molar-refractivity contribution is 5.72. The zero-order chi connectivity index (χ0) is 8.36. The van der Waals surface area contributed by atoms with E-state index in [1.165, 1.54) is 0 Å². The Morgan fingerprint density at radius 3 is 1.90 bits per heavy atom. The number of hydrogen-bond donors (Lipinski definition) is 1. The maximum atomic E-state index is 10.7. The van der Waals surface area contributed by atoms with Crippen molar-refractivity contribution >= 4 is 6.03 Å². The van der Waals surface area contributed by atoms with Gasteiger partial charge in [0.15, 0.2) is 0 Å². The summed E-state index contributed by atoms with van der Waals surface area (Å²) in [6, 6.07) is -0.352. The molecule has 0 aromatic rings. The SMILES string of the molecule is CCN(C(N)=O)C(C)(C)C. The third kappa shape index (κ3) is 2.25. The summed E-state index contributed by atoms with van der Waals surface area (Å²) in [6.07, 6.45) is 0. The van der Waals surface area contributed by atoms with Crippen molar-refractivity contribution < 1.29 is 4.79 Å². The molecule has 0 aliphatic carbocycles. The average Bonchev–Trinajstić information content (AvgIpc) is 1.60. The van der Waals surface area contributed by atoms with E-state index in [1.54, 1.807) is 4.90 Å². The molecule has 0 atom stereocenters. The summed E-state index contributed by atoms with van der Waals surface area (Å²) in [5.74, 6) is 0. The number of urea groups is 1. The third-order valence-electron chi connectivity index (χ3n) is 1.39. The quantitative estimate of drug-likeness (QED) is 0.590. The van der Waals surface area contributed by atoms with E-state index in [9.17, 15) is 4.79 Å². The molecule has 0 aromatic carbocycles. The molecule has 0 saturated heterocycles. The van der Waals surface area contributed by atoms with Crippen LogP contribution in [0.15, 0.2) is 0 Å². The van der Waals surface area contributed by atoms with Gasteiger partial charge in [-0.25, -0.2) is 4.79 Å². The van der Waals surface area contributed by atoms with Gasteiger partial charge < -0.3 is 10.6 Å². The zero-order valence-corrected chi connectivity index (χ0v) is 7.14. The fourth-order valence-corrected chi connectivity index (χ4v) is 0.961. The van der Waals surface area contributed by atoms with Gasteiger partial charge in [-0.15, -0.1) is 0 Å². The molecular weight excluding hydrogens is 128 g/mol. The van der Waals surface area contributed by atoms with Gasteiger partial charge in [-0.05, 0) is 27.7 Å². The lowest BCUT2D eigenvalue weighted by atomic mass is 10.1. The van der Waals surface area contributed by atoms with Crippen LogP contribution in [0.2, 0.25) is 0 Å². The first-order valence-electron chi connectivity index (χ1n) is 3.46. The lowest BCUT2D eigenvalue weighted by molar-refractivity contribution is 0.158. The summed E-state index contributed by atoms with van der Waals surface area (Å²) in [7, 11) is 0. The second-order valence-corrected chi connectivity index (χ2v) is 3.25. The summed E-state index contributed by atoms with van der Waals surface area (Å²) in [5, 5.41) is 0. The van der Waals surface area contributed by atoms with Crippen molar-refractivity contribution in [2.75, 3.05) is 6.54 Å². The van der Waals surface area contributed by atoms with Crippen molar-refractivity contribution in [3.8, 4) is 0 Å². The molecule has 0 fully saturated rings. The van der Waals surface area contributed by atoms with Gasteiger partial charge in [0.05, 0.1) is 0 Å². The van der Waals surface area contributed by atoms with Crippen molar-refractivity contribution in [1.82, 2.24) is 4.90 Å². The normalized spacial score (nSPS) is 11.2. The molecule has 0 bridgehead atoms. The van der Waals surface area contributed by atoms with Gasteiger partial charge in [-0.3, -0.25) is 0 Å². The Labute approximate surface area is 62.2 Å². The van der Waals surface area contributed by atoms with E-state index in [0.29, 0.717) is 6.54 Å². The van der Waals surface area contributed by atoms with E-state index in [4.69, 9.17) is 5.73 Å². The minimum absolute atomic E-state index is 0.152. The molecule has 0 aromatic heterocycles. The van der Waals surface area contributed by atoms with Crippen LogP contribution >= 0.6 is 0 Å². The summed E-state index contributed by atoms with van der Waals surface area (Å²) in [4.78, 5) is 12.3. The molecule has 0 rings (SSSR count). The van der Waals surface area contributed by atoms with Crippen molar-refractivity contribution in [3.05, 3.63) is 0 Å². The van der Waals surface area contributed by atoms with Crippen molar-refractivity contribution in [3.63, 3.8) is 0 Å². The fourth-order valence-electron chi connectivity index (χ4n) is 0.961. The number of carbonyl (C=O) groups is 1. The monoisotopic (exact) mass is 144 g/mol. The Hall–Kier alpha value is -0.730. The van der Waals surface area contributed by atoms with Crippen LogP contribution in [0, 0.1) is 0 Å². The van der Waals surface area contributed by atoms with Crippen LogP contribution < -0.4 is 5.73 Å². The van der Waals surface area contributed by atoms with Gasteiger partial charge >= 0.3 is 6.03 Å². The van der Waals surface area contributed by atoms with Crippen molar-refractivity contribution in [1.29, 1.82) is 0 Å². The standard InChI is InChI=1S/C7H16N2O/c1-5-9(6(8)10)7(2,3)4/h5H2,1-4H3,(H2,8,10). The van der Waals surface area contributed by atoms with E-state index in [1.807, 2.05) is 27.7 Å². The minimum Gasteiger partial charge on any atom is -0.351 e. The van der Waals surface area contributed by atoms with Crippen LogP contribution in [0.3, 0.4) is 0 Å². The predicted molar refractivity (Wildman–Crippen MR) is 41.7 cm³/mol. The van der Waals surface area contributed by atoms with E-state index < -0.39 is 0 Å². The molecule has 60 valence electrons. The number of amides is 2. The molecule has 0 aliphatic heterocycles. The Bertz CT molecular complexity index is 126. The first kappa shape index (κ1) is 9.27. The van der Waals surface area contributed by atoms with E-state index in [0.717, 1.165) is 0 Å². The second-order valence-electron chi connectivity index (χ2n) is 3.25. The Morgan fingerprint density at radius 2 is 1.90 bits per heavy atom. The molecule has 2 amide bonds. The molecule has 0 radical (unpaired) electrons. The van der Waals surface area contributed by atoms with Crippen LogP contribution in [0.4, 0.5) is 4.79 Å². The molecule has 0 saturated carbocycles. The number of nitrogens with zero attached hydrogens (tertiary/aromatic N) is 1. The maximum Gasteiger partial charge on any atom is 0.315 e. The molecule has 3 nitrogen and oxygen atoms in total. The largest absolute Gasteiger partial charge is 0.351 e. The lowest BCUT2D eigenvalue weighted by Crippen LogP contribution is -2.48. The smallest absolute Gasteiger partial charge is 0.315 e. The molecule has 3 heteroatoms. The maximum absolute atomic E-state index is 10.7. The second kappa shape index (κ2) is 2.90.